The van der Waals surface area contributed by atoms with E-state index in [1.807, 2.05) is 30.3 Å². The van der Waals surface area contributed by atoms with Gasteiger partial charge < -0.3 is 29.3 Å². The third kappa shape index (κ3) is 6.82. The number of ether oxygens (including phenoxy) is 3. The molecule has 2 saturated heterocycles. The van der Waals surface area contributed by atoms with Crippen molar-refractivity contribution in [2.45, 2.75) is 12.6 Å². The van der Waals surface area contributed by atoms with Gasteiger partial charge in [-0.05, 0) is 17.7 Å². The summed E-state index contributed by atoms with van der Waals surface area (Å²) in [5.41, 5.74) is 1.19. The molecule has 0 aliphatic carbocycles. The van der Waals surface area contributed by atoms with Crippen molar-refractivity contribution >= 4 is 28.8 Å². The van der Waals surface area contributed by atoms with Crippen molar-refractivity contribution in [3.8, 4) is 5.75 Å². The van der Waals surface area contributed by atoms with Crippen molar-refractivity contribution < 1.29 is 14.2 Å². The first-order valence-electron chi connectivity index (χ1n) is 10.8. The molecule has 0 radical (unpaired) electrons. The molecule has 1 N–H and O–H groups in total. The molecule has 9 heteroatoms. The average Bonchev–Trinajstić information content (AvgIpc) is 2.86. The molecule has 2 aliphatic heterocycles. The lowest BCUT2D eigenvalue weighted by Gasteiger charge is -2.37. The second kappa shape index (κ2) is 12.6. The Balaban J connectivity index is 0.00000289. The van der Waals surface area contributed by atoms with Crippen LogP contribution < -0.4 is 15.0 Å². The lowest BCUT2D eigenvalue weighted by molar-refractivity contribution is -0.0851. The average molecular weight is 506 g/mol. The standard InChI is InChI=1S/C23H31N5O3.BrH/c1-29-20-7-8-22(24-16-20)27-9-11-28(12-10-27)23(25-15-19-5-3-2-4-6-19)26-17-21-18-30-13-14-31-21;/h2-8,16,21H,9-15,17-18H2,1H3,(H,25,26);1H. The van der Waals surface area contributed by atoms with Crippen molar-refractivity contribution in [1.82, 2.24) is 15.2 Å². The van der Waals surface area contributed by atoms with Crippen molar-refractivity contribution in [3.05, 3.63) is 54.2 Å². The van der Waals surface area contributed by atoms with Gasteiger partial charge in [0.25, 0.3) is 0 Å². The Hall–Kier alpha value is -2.36. The van der Waals surface area contributed by atoms with Crippen molar-refractivity contribution in [2.75, 3.05) is 64.6 Å². The minimum atomic E-state index is 0. The van der Waals surface area contributed by atoms with Crippen LogP contribution in [0, 0.1) is 0 Å². The maximum atomic E-state index is 5.78. The van der Waals surface area contributed by atoms with Crippen LogP contribution in [0.3, 0.4) is 0 Å². The summed E-state index contributed by atoms with van der Waals surface area (Å²) in [6, 6.07) is 14.3. The fourth-order valence-corrected chi connectivity index (χ4v) is 3.70. The van der Waals surface area contributed by atoms with Gasteiger partial charge >= 0.3 is 0 Å². The number of rotatable bonds is 6. The zero-order chi connectivity index (χ0) is 21.3. The minimum absolute atomic E-state index is 0. The fraction of sp³-hybridized carbons (Fsp3) is 0.478. The second-order valence-corrected chi connectivity index (χ2v) is 7.60. The number of methoxy groups -OCH3 is 1. The van der Waals surface area contributed by atoms with Gasteiger partial charge in [-0.25, -0.2) is 9.98 Å². The largest absolute Gasteiger partial charge is 0.495 e. The Morgan fingerprint density at radius 2 is 1.94 bits per heavy atom. The predicted octanol–water partition coefficient (Wildman–Crippen LogP) is 2.35. The van der Waals surface area contributed by atoms with Crippen LogP contribution in [0.15, 0.2) is 53.7 Å². The zero-order valence-corrected chi connectivity index (χ0v) is 20.2. The molecule has 0 amide bonds. The summed E-state index contributed by atoms with van der Waals surface area (Å²) in [4.78, 5) is 14.0. The topological polar surface area (TPSA) is 71.5 Å². The molecule has 2 aromatic rings. The number of nitrogens with one attached hydrogen (secondary N) is 1. The number of benzene rings is 1. The highest BCUT2D eigenvalue weighted by atomic mass is 79.9. The maximum Gasteiger partial charge on any atom is 0.194 e. The molecule has 3 heterocycles. The van der Waals surface area contributed by atoms with E-state index in [4.69, 9.17) is 19.2 Å². The maximum absolute atomic E-state index is 5.78. The monoisotopic (exact) mass is 505 g/mol. The Kier molecular flexibility index (Phi) is 9.58. The van der Waals surface area contributed by atoms with Crippen LogP contribution >= 0.6 is 17.0 Å². The number of aliphatic imine (C=N–C) groups is 1. The molecule has 4 rings (SSSR count). The number of anilines is 1. The molecule has 2 aliphatic rings. The van der Waals surface area contributed by atoms with E-state index in [9.17, 15) is 0 Å². The number of nitrogens with zero attached hydrogens (tertiary/aromatic N) is 4. The van der Waals surface area contributed by atoms with Crippen molar-refractivity contribution in [2.24, 2.45) is 4.99 Å². The van der Waals surface area contributed by atoms with Gasteiger partial charge in [-0.3, -0.25) is 0 Å². The van der Waals surface area contributed by atoms with Crippen LogP contribution in [0.5, 0.6) is 5.75 Å². The van der Waals surface area contributed by atoms with Gasteiger partial charge in [-0.15, -0.1) is 17.0 Å². The van der Waals surface area contributed by atoms with Gasteiger partial charge in [-0.2, -0.15) is 0 Å². The van der Waals surface area contributed by atoms with E-state index in [0.717, 1.165) is 43.7 Å². The molecule has 32 heavy (non-hydrogen) atoms. The van der Waals surface area contributed by atoms with E-state index in [1.165, 1.54) is 5.56 Å². The lowest BCUT2D eigenvalue weighted by atomic mass is 10.2. The number of guanidine groups is 1. The first-order valence-corrected chi connectivity index (χ1v) is 10.8. The van der Waals surface area contributed by atoms with E-state index in [0.29, 0.717) is 32.9 Å². The van der Waals surface area contributed by atoms with Gasteiger partial charge in [0, 0.05) is 32.7 Å². The SMILES string of the molecule is Br.COc1ccc(N2CCN(C(=NCc3ccccc3)NCC3COCCO3)CC2)nc1. The molecular weight excluding hydrogens is 474 g/mol. The highest BCUT2D eigenvalue weighted by Gasteiger charge is 2.22. The molecule has 0 bridgehead atoms. The Morgan fingerprint density at radius 1 is 1.12 bits per heavy atom. The zero-order valence-electron chi connectivity index (χ0n) is 18.5. The van der Waals surface area contributed by atoms with Gasteiger partial charge in [0.15, 0.2) is 5.96 Å². The summed E-state index contributed by atoms with van der Waals surface area (Å²) in [7, 11) is 1.66. The minimum Gasteiger partial charge on any atom is -0.495 e. The Bertz CT molecular complexity index is 823. The van der Waals surface area contributed by atoms with E-state index < -0.39 is 0 Å². The highest BCUT2D eigenvalue weighted by Crippen LogP contribution is 2.17. The van der Waals surface area contributed by atoms with E-state index >= 15 is 0 Å². The normalized spacial score (nSPS) is 19.3. The number of halogens is 1. The predicted molar refractivity (Wildman–Crippen MR) is 131 cm³/mol. The summed E-state index contributed by atoms with van der Waals surface area (Å²) in [6.07, 6.45) is 1.82. The van der Waals surface area contributed by atoms with Crippen LogP contribution in [0.2, 0.25) is 0 Å². The highest BCUT2D eigenvalue weighted by molar-refractivity contribution is 8.93. The lowest BCUT2D eigenvalue weighted by Crippen LogP contribution is -2.54. The molecule has 0 spiro atoms. The van der Waals surface area contributed by atoms with Crippen molar-refractivity contribution in [3.63, 3.8) is 0 Å². The van der Waals surface area contributed by atoms with Gasteiger partial charge in [0.2, 0.25) is 0 Å². The summed E-state index contributed by atoms with van der Waals surface area (Å²) in [5, 5.41) is 3.52. The smallest absolute Gasteiger partial charge is 0.194 e. The van der Waals surface area contributed by atoms with E-state index in [-0.39, 0.29) is 23.1 Å². The van der Waals surface area contributed by atoms with E-state index in [1.54, 1.807) is 13.3 Å². The third-order valence-electron chi connectivity index (χ3n) is 5.49. The van der Waals surface area contributed by atoms with E-state index in [2.05, 4.69) is 32.2 Å². The fourth-order valence-electron chi connectivity index (χ4n) is 3.70. The van der Waals surface area contributed by atoms with Crippen molar-refractivity contribution in [1.29, 1.82) is 0 Å². The first kappa shape index (κ1) is 24.3. The molecule has 1 atom stereocenters. The van der Waals surface area contributed by atoms with Crippen LogP contribution in [-0.2, 0) is 16.0 Å². The Labute approximate surface area is 200 Å². The first-order chi connectivity index (χ1) is 15.3. The quantitative estimate of drug-likeness (QED) is 0.477. The van der Waals surface area contributed by atoms with Crippen LogP contribution in [0.4, 0.5) is 5.82 Å². The van der Waals surface area contributed by atoms with Gasteiger partial charge in [0.1, 0.15) is 11.6 Å². The van der Waals surface area contributed by atoms with Crippen LogP contribution in [0.25, 0.3) is 0 Å². The number of hydrogen-bond acceptors (Lipinski definition) is 6. The molecular formula is C23H32BrN5O3. The number of piperazine rings is 1. The third-order valence-corrected chi connectivity index (χ3v) is 5.49. The summed E-state index contributed by atoms with van der Waals surface area (Å²) in [6.45, 7) is 6.79. The van der Waals surface area contributed by atoms with Gasteiger partial charge in [-0.1, -0.05) is 30.3 Å². The summed E-state index contributed by atoms with van der Waals surface area (Å²) < 4.78 is 16.5. The molecule has 0 saturated carbocycles. The number of hydrogen-bond donors (Lipinski definition) is 1. The second-order valence-electron chi connectivity index (χ2n) is 7.60. The molecule has 1 aromatic carbocycles. The van der Waals surface area contributed by atoms with Crippen LogP contribution in [-0.4, -0.2) is 81.6 Å². The Morgan fingerprint density at radius 3 is 2.59 bits per heavy atom. The summed E-state index contributed by atoms with van der Waals surface area (Å²) >= 11 is 0. The molecule has 2 fully saturated rings. The molecule has 1 unspecified atom stereocenters. The molecule has 174 valence electrons. The number of pyridine rings is 1. The van der Waals surface area contributed by atoms with Gasteiger partial charge in [0.05, 0.1) is 45.8 Å². The molecule has 1 aromatic heterocycles. The summed E-state index contributed by atoms with van der Waals surface area (Å²) in [5.74, 6) is 2.67. The van der Waals surface area contributed by atoms with Crippen LogP contribution in [0.1, 0.15) is 5.56 Å². The number of aromatic nitrogens is 1. The molecule has 8 nitrogen and oxygen atoms in total.